The number of fused-ring (bicyclic) bond motifs is 1. The molecule has 0 fully saturated rings. The van der Waals surface area contributed by atoms with Crippen LogP contribution in [0.1, 0.15) is 22.1 Å². The first-order chi connectivity index (χ1) is 9.58. The van der Waals surface area contributed by atoms with Crippen LogP contribution in [0.15, 0.2) is 42.5 Å². The van der Waals surface area contributed by atoms with E-state index < -0.39 is 0 Å². The highest BCUT2D eigenvalue weighted by atomic mass is 35.5. The molecule has 1 atom stereocenters. The van der Waals surface area contributed by atoms with Gasteiger partial charge in [-0.2, -0.15) is 0 Å². The second-order valence-corrected chi connectivity index (χ2v) is 5.52. The van der Waals surface area contributed by atoms with Gasteiger partial charge in [0.15, 0.2) is 0 Å². The summed E-state index contributed by atoms with van der Waals surface area (Å²) in [4.78, 5) is 14.0. The van der Waals surface area contributed by atoms with E-state index in [-0.39, 0.29) is 12.1 Å². The highest BCUT2D eigenvalue weighted by Crippen LogP contribution is 2.35. The van der Waals surface area contributed by atoms with Gasteiger partial charge in [0.2, 0.25) is 0 Å². The number of amides is 1. The highest BCUT2D eigenvalue weighted by Gasteiger charge is 2.30. The second-order valence-electron chi connectivity index (χ2n) is 4.67. The molecule has 0 spiro atoms. The standard InChI is InChI=1S/C15H12Cl2N2O/c1-19-14(10-7-6-9(16)8-12(10)17)18-13-5-3-2-4-11(13)15(19)20/h2-8,14,18H,1H3. The minimum Gasteiger partial charge on any atom is -0.361 e. The molecule has 0 aliphatic carbocycles. The maximum Gasteiger partial charge on any atom is 0.257 e. The number of halogens is 2. The Morgan fingerprint density at radius 3 is 2.65 bits per heavy atom. The summed E-state index contributed by atoms with van der Waals surface area (Å²) >= 11 is 12.2. The topological polar surface area (TPSA) is 32.3 Å². The van der Waals surface area contributed by atoms with E-state index in [4.69, 9.17) is 23.2 Å². The smallest absolute Gasteiger partial charge is 0.257 e. The Morgan fingerprint density at radius 2 is 1.90 bits per heavy atom. The third kappa shape index (κ3) is 2.13. The summed E-state index contributed by atoms with van der Waals surface area (Å²) in [6.45, 7) is 0. The summed E-state index contributed by atoms with van der Waals surface area (Å²) in [7, 11) is 1.75. The van der Waals surface area contributed by atoms with Crippen molar-refractivity contribution in [1.82, 2.24) is 4.90 Å². The van der Waals surface area contributed by atoms with Crippen LogP contribution in [0.25, 0.3) is 0 Å². The summed E-state index contributed by atoms with van der Waals surface area (Å²) in [6, 6.07) is 12.7. The number of hydrogen-bond acceptors (Lipinski definition) is 2. The van der Waals surface area contributed by atoms with Crippen molar-refractivity contribution < 1.29 is 4.79 Å². The van der Waals surface area contributed by atoms with Crippen molar-refractivity contribution in [2.24, 2.45) is 0 Å². The van der Waals surface area contributed by atoms with Gasteiger partial charge >= 0.3 is 0 Å². The Bertz CT molecular complexity index is 687. The molecule has 0 bridgehead atoms. The lowest BCUT2D eigenvalue weighted by molar-refractivity contribution is 0.0735. The fourth-order valence-electron chi connectivity index (χ4n) is 2.36. The molecule has 0 saturated heterocycles. The molecule has 5 heteroatoms. The fourth-order valence-corrected chi connectivity index (χ4v) is 2.87. The molecule has 1 aliphatic rings. The Labute approximate surface area is 127 Å². The molecule has 0 saturated carbocycles. The van der Waals surface area contributed by atoms with Crippen molar-refractivity contribution in [3.05, 3.63) is 63.6 Å². The maximum absolute atomic E-state index is 12.4. The first-order valence-corrected chi connectivity index (χ1v) is 6.91. The van der Waals surface area contributed by atoms with Gasteiger partial charge in [-0.15, -0.1) is 0 Å². The molecule has 1 N–H and O–H groups in total. The normalized spacial score (nSPS) is 17.6. The van der Waals surface area contributed by atoms with E-state index >= 15 is 0 Å². The van der Waals surface area contributed by atoms with E-state index in [0.29, 0.717) is 15.6 Å². The lowest BCUT2D eigenvalue weighted by atomic mass is 10.0. The third-order valence-electron chi connectivity index (χ3n) is 3.41. The Kier molecular flexibility index (Phi) is 3.32. The number of nitrogens with zero attached hydrogens (tertiary/aromatic N) is 1. The summed E-state index contributed by atoms with van der Waals surface area (Å²) < 4.78 is 0. The largest absolute Gasteiger partial charge is 0.361 e. The molecule has 0 aromatic heterocycles. The average molecular weight is 307 g/mol. The summed E-state index contributed by atoms with van der Waals surface area (Å²) in [5.74, 6) is -0.0321. The van der Waals surface area contributed by atoms with E-state index in [1.807, 2.05) is 24.3 Å². The van der Waals surface area contributed by atoms with Gasteiger partial charge in [-0.05, 0) is 24.3 Å². The number of para-hydroxylation sites is 1. The molecule has 0 radical (unpaired) electrons. The Balaban J connectivity index is 2.06. The number of hydrogen-bond donors (Lipinski definition) is 1. The van der Waals surface area contributed by atoms with E-state index in [9.17, 15) is 4.79 Å². The van der Waals surface area contributed by atoms with Crippen LogP contribution in [0.5, 0.6) is 0 Å². The molecule has 3 nitrogen and oxygen atoms in total. The number of nitrogens with one attached hydrogen (secondary N) is 1. The molecule has 3 rings (SSSR count). The Hall–Kier alpha value is -1.71. The zero-order valence-corrected chi connectivity index (χ0v) is 12.2. The third-order valence-corrected chi connectivity index (χ3v) is 3.98. The predicted molar refractivity (Wildman–Crippen MR) is 81.4 cm³/mol. The molecular weight excluding hydrogens is 295 g/mol. The number of rotatable bonds is 1. The number of anilines is 1. The van der Waals surface area contributed by atoms with E-state index in [1.54, 1.807) is 30.1 Å². The van der Waals surface area contributed by atoms with Gasteiger partial charge < -0.3 is 10.2 Å². The lowest BCUT2D eigenvalue weighted by Crippen LogP contribution is -2.40. The second kappa shape index (κ2) is 5.00. The molecule has 102 valence electrons. The molecule has 1 heterocycles. The van der Waals surface area contributed by atoms with E-state index in [0.717, 1.165) is 11.3 Å². The van der Waals surface area contributed by atoms with Crippen molar-refractivity contribution in [3.8, 4) is 0 Å². The van der Waals surface area contributed by atoms with Gasteiger partial charge in [-0.3, -0.25) is 4.79 Å². The molecule has 1 amide bonds. The van der Waals surface area contributed by atoms with E-state index in [2.05, 4.69) is 5.32 Å². The van der Waals surface area contributed by atoms with Gasteiger partial charge in [0.05, 0.1) is 5.56 Å². The van der Waals surface area contributed by atoms with Crippen molar-refractivity contribution in [2.45, 2.75) is 6.17 Å². The van der Waals surface area contributed by atoms with Crippen molar-refractivity contribution in [3.63, 3.8) is 0 Å². The van der Waals surface area contributed by atoms with Crippen LogP contribution in [0.3, 0.4) is 0 Å². The number of carbonyl (C=O) groups is 1. The van der Waals surface area contributed by atoms with E-state index in [1.165, 1.54) is 0 Å². The lowest BCUT2D eigenvalue weighted by Gasteiger charge is -2.36. The monoisotopic (exact) mass is 306 g/mol. The molecule has 1 unspecified atom stereocenters. The van der Waals surface area contributed by atoms with Crippen LogP contribution in [-0.4, -0.2) is 17.9 Å². The fraction of sp³-hybridized carbons (Fsp3) is 0.133. The zero-order chi connectivity index (χ0) is 14.3. The summed E-state index contributed by atoms with van der Waals surface area (Å²) in [5.41, 5.74) is 2.30. The van der Waals surface area contributed by atoms with Gasteiger partial charge in [0.1, 0.15) is 6.17 Å². The molecule has 1 aliphatic heterocycles. The van der Waals surface area contributed by atoms with Crippen LogP contribution in [0, 0.1) is 0 Å². The van der Waals surface area contributed by atoms with Crippen LogP contribution in [0.2, 0.25) is 10.0 Å². The summed E-state index contributed by atoms with van der Waals surface area (Å²) in [5, 5.41) is 4.44. The maximum atomic E-state index is 12.4. The first kappa shape index (κ1) is 13.3. The van der Waals surface area contributed by atoms with Crippen LogP contribution in [0.4, 0.5) is 5.69 Å². The highest BCUT2D eigenvalue weighted by molar-refractivity contribution is 6.35. The van der Waals surface area contributed by atoms with Crippen molar-refractivity contribution in [2.75, 3.05) is 12.4 Å². The SMILES string of the molecule is CN1C(=O)c2ccccc2NC1c1ccc(Cl)cc1Cl. The van der Waals surface area contributed by atoms with Crippen molar-refractivity contribution in [1.29, 1.82) is 0 Å². The van der Waals surface area contributed by atoms with Gasteiger partial charge in [0, 0.05) is 28.3 Å². The Morgan fingerprint density at radius 1 is 1.15 bits per heavy atom. The van der Waals surface area contributed by atoms with Gasteiger partial charge in [0.25, 0.3) is 5.91 Å². The summed E-state index contributed by atoms with van der Waals surface area (Å²) in [6.07, 6.45) is -0.304. The predicted octanol–water partition coefficient (Wildman–Crippen LogP) is 4.19. The molecular formula is C15H12Cl2N2O. The molecule has 2 aromatic rings. The number of carbonyl (C=O) groups excluding carboxylic acids is 1. The van der Waals surface area contributed by atoms with Gasteiger partial charge in [-0.1, -0.05) is 41.4 Å². The van der Waals surface area contributed by atoms with Crippen molar-refractivity contribution >= 4 is 34.8 Å². The first-order valence-electron chi connectivity index (χ1n) is 6.15. The molecule has 20 heavy (non-hydrogen) atoms. The van der Waals surface area contributed by atoms with Crippen LogP contribution < -0.4 is 5.32 Å². The molecule has 2 aromatic carbocycles. The quantitative estimate of drug-likeness (QED) is 0.857. The van der Waals surface area contributed by atoms with Crippen LogP contribution >= 0.6 is 23.2 Å². The minimum absolute atomic E-state index is 0.0321. The van der Waals surface area contributed by atoms with Crippen LogP contribution in [-0.2, 0) is 0 Å². The minimum atomic E-state index is -0.304. The number of benzene rings is 2. The zero-order valence-electron chi connectivity index (χ0n) is 10.7. The van der Waals surface area contributed by atoms with Gasteiger partial charge in [-0.25, -0.2) is 0 Å². The average Bonchev–Trinajstić information content (AvgIpc) is 2.43.